The number of benzene rings is 1. The number of thiol groups is 1. The van der Waals surface area contributed by atoms with E-state index >= 15 is 0 Å². The number of nitrogens with one attached hydrogen (secondary N) is 1. The minimum absolute atomic E-state index is 0.269. The lowest BCUT2D eigenvalue weighted by Gasteiger charge is -2.21. The largest absolute Gasteiger partial charge is 0.283 e. The zero-order valence-corrected chi connectivity index (χ0v) is 13.0. The van der Waals surface area contributed by atoms with Crippen molar-refractivity contribution in [1.82, 2.24) is 4.72 Å². The smallest absolute Gasteiger partial charge is 0.231 e. The van der Waals surface area contributed by atoms with Crippen LogP contribution in [0.2, 0.25) is 0 Å². The maximum absolute atomic E-state index is 12.2. The Morgan fingerprint density at radius 2 is 2.17 bits per heavy atom. The molecule has 0 fully saturated rings. The first kappa shape index (κ1) is 15.3. The molecule has 3 N–H and O–H groups in total. The lowest BCUT2D eigenvalue weighted by molar-refractivity contribution is -0.119. The SMILES string of the molecule is CC(C)CCC(=O)N[SH](N)(=O)c1cccc(Br)c1. The fraction of sp³-hybridized carbons (Fsp3) is 0.417. The van der Waals surface area contributed by atoms with Crippen molar-refractivity contribution in [2.75, 3.05) is 0 Å². The molecule has 0 spiro atoms. The van der Waals surface area contributed by atoms with Crippen molar-refractivity contribution < 1.29 is 9.00 Å². The normalized spacial score (nSPS) is 12.5. The molecule has 0 aliphatic heterocycles. The second-order valence-electron chi connectivity index (χ2n) is 4.61. The van der Waals surface area contributed by atoms with E-state index in [0.717, 1.165) is 10.9 Å². The van der Waals surface area contributed by atoms with Crippen LogP contribution in [0.25, 0.3) is 0 Å². The van der Waals surface area contributed by atoms with Crippen LogP contribution >= 0.6 is 15.9 Å². The van der Waals surface area contributed by atoms with E-state index in [0.29, 0.717) is 17.2 Å². The summed E-state index contributed by atoms with van der Waals surface area (Å²) in [6.45, 7) is 4.06. The third-order valence-corrected chi connectivity index (χ3v) is 4.55. The number of halogens is 1. The number of carbonyl (C=O) groups is 1. The van der Waals surface area contributed by atoms with Crippen molar-refractivity contribution in [3.63, 3.8) is 0 Å². The zero-order chi connectivity index (χ0) is 13.8. The van der Waals surface area contributed by atoms with E-state index in [1.165, 1.54) is 0 Å². The van der Waals surface area contributed by atoms with E-state index in [2.05, 4.69) is 20.7 Å². The van der Waals surface area contributed by atoms with E-state index in [1.54, 1.807) is 18.2 Å². The minimum Gasteiger partial charge on any atom is -0.283 e. The Labute approximate surface area is 117 Å². The molecule has 1 aromatic rings. The maximum atomic E-state index is 12.2. The highest BCUT2D eigenvalue weighted by molar-refractivity contribution is 9.10. The van der Waals surface area contributed by atoms with Gasteiger partial charge in [-0.15, -0.1) is 0 Å². The average molecular weight is 335 g/mol. The molecule has 0 bridgehead atoms. The highest BCUT2D eigenvalue weighted by atomic mass is 79.9. The van der Waals surface area contributed by atoms with Crippen LogP contribution in [-0.4, -0.2) is 10.1 Å². The van der Waals surface area contributed by atoms with Crippen LogP contribution in [0.1, 0.15) is 26.7 Å². The van der Waals surface area contributed by atoms with Gasteiger partial charge in [0.05, 0.1) is 0 Å². The zero-order valence-electron chi connectivity index (χ0n) is 10.5. The Morgan fingerprint density at radius 1 is 1.50 bits per heavy atom. The fourth-order valence-corrected chi connectivity index (χ4v) is 3.23. The molecule has 0 radical (unpaired) electrons. The maximum Gasteiger partial charge on any atom is 0.231 e. The molecular weight excluding hydrogens is 316 g/mol. The van der Waals surface area contributed by atoms with Gasteiger partial charge in [0, 0.05) is 26.1 Å². The third-order valence-electron chi connectivity index (χ3n) is 2.43. The Morgan fingerprint density at radius 3 is 2.72 bits per heavy atom. The predicted octanol–water partition coefficient (Wildman–Crippen LogP) is 2.17. The molecular formula is C12H19BrN2O2S. The molecule has 0 aliphatic rings. The van der Waals surface area contributed by atoms with Gasteiger partial charge < -0.3 is 0 Å². The van der Waals surface area contributed by atoms with E-state index in [1.807, 2.05) is 19.9 Å². The van der Waals surface area contributed by atoms with Gasteiger partial charge in [-0.1, -0.05) is 35.8 Å². The predicted molar refractivity (Wildman–Crippen MR) is 78.3 cm³/mol. The molecule has 4 nitrogen and oxygen atoms in total. The van der Waals surface area contributed by atoms with Crippen molar-refractivity contribution in [2.24, 2.45) is 11.1 Å². The van der Waals surface area contributed by atoms with Gasteiger partial charge in [-0.2, -0.15) is 0 Å². The molecule has 0 atom stereocenters. The minimum atomic E-state index is -3.32. The van der Waals surface area contributed by atoms with Gasteiger partial charge in [0.15, 0.2) is 0 Å². The summed E-state index contributed by atoms with van der Waals surface area (Å²) in [4.78, 5) is 12.1. The number of hydrogen-bond donors (Lipinski definition) is 3. The highest BCUT2D eigenvalue weighted by Gasteiger charge is 2.15. The molecule has 0 saturated heterocycles. The van der Waals surface area contributed by atoms with Gasteiger partial charge in [0.2, 0.25) is 5.91 Å². The molecule has 1 rings (SSSR count). The Kier molecular flexibility index (Phi) is 5.49. The van der Waals surface area contributed by atoms with Crippen LogP contribution in [-0.2, 0) is 15.1 Å². The van der Waals surface area contributed by atoms with Crippen LogP contribution in [0.4, 0.5) is 0 Å². The molecule has 102 valence electrons. The monoisotopic (exact) mass is 334 g/mol. The van der Waals surface area contributed by atoms with Crippen molar-refractivity contribution in [2.45, 2.75) is 31.6 Å². The molecule has 0 aliphatic carbocycles. The summed E-state index contributed by atoms with van der Waals surface area (Å²) in [5.41, 5.74) is 0. The van der Waals surface area contributed by atoms with Gasteiger partial charge in [-0.05, 0) is 30.5 Å². The van der Waals surface area contributed by atoms with Crippen molar-refractivity contribution in [3.05, 3.63) is 28.7 Å². The Bertz CT molecular complexity index is 477. The van der Waals surface area contributed by atoms with Crippen LogP contribution in [0.3, 0.4) is 0 Å². The summed E-state index contributed by atoms with van der Waals surface area (Å²) in [6, 6.07) is 6.85. The topological polar surface area (TPSA) is 72.2 Å². The standard InChI is InChI=1S/C12H19BrN2O2S/c1-9(2)6-7-12(16)15-18(14,17)11-5-3-4-10(13)8-11/h3-5,8-9,18H,6-7H2,1-2H3,(H3,14,15,16,17). The molecule has 0 unspecified atom stereocenters. The van der Waals surface area contributed by atoms with E-state index in [4.69, 9.17) is 5.14 Å². The van der Waals surface area contributed by atoms with Gasteiger partial charge >= 0.3 is 0 Å². The number of rotatable bonds is 5. The van der Waals surface area contributed by atoms with E-state index in [9.17, 15) is 9.00 Å². The molecule has 6 heteroatoms. The first-order valence-electron chi connectivity index (χ1n) is 5.77. The third kappa shape index (κ3) is 4.88. The summed E-state index contributed by atoms with van der Waals surface area (Å²) in [5, 5.41) is 5.72. The molecule has 0 heterocycles. The lowest BCUT2D eigenvalue weighted by Crippen LogP contribution is -2.42. The van der Waals surface area contributed by atoms with Crippen LogP contribution in [0.5, 0.6) is 0 Å². The summed E-state index contributed by atoms with van der Waals surface area (Å²) < 4.78 is 15.5. The second kappa shape index (κ2) is 6.45. The van der Waals surface area contributed by atoms with Gasteiger partial charge in [-0.25, -0.2) is 4.21 Å². The average Bonchev–Trinajstić information content (AvgIpc) is 2.26. The van der Waals surface area contributed by atoms with Gasteiger partial charge in [0.25, 0.3) is 0 Å². The van der Waals surface area contributed by atoms with Gasteiger partial charge in [-0.3, -0.25) is 14.7 Å². The molecule has 0 saturated carbocycles. The number of hydrogen-bond acceptors (Lipinski definition) is 2. The second-order valence-corrected chi connectivity index (χ2v) is 7.58. The van der Waals surface area contributed by atoms with Crippen molar-refractivity contribution in [1.29, 1.82) is 0 Å². The van der Waals surface area contributed by atoms with E-state index < -0.39 is 10.3 Å². The molecule has 18 heavy (non-hydrogen) atoms. The van der Waals surface area contributed by atoms with Crippen LogP contribution in [0, 0.1) is 5.92 Å². The molecule has 0 aromatic heterocycles. The van der Waals surface area contributed by atoms with Crippen LogP contribution in [0.15, 0.2) is 33.6 Å². The summed E-state index contributed by atoms with van der Waals surface area (Å²) in [7, 11) is -3.32. The number of nitrogens with two attached hydrogens (primary N) is 1. The molecule has 1 amide bonds. The first-order valence-corrected chi connectivity index (χ1v) is 8.34. The Balaban J connectivity index is 2.70. The Hall–Kier alpha value is -0.720. The highest BCUT2D eigenvalue weighted by Crippen LogP contribution is 2.17. The lowest BCUT2D eigenvalue weighted by atomic mass is 10.1. The summed E-state index contributed by atoms with van der Waals surface area (Å²) in [5.74, 6) is 0.160. The summed E-state index contributed by atoms with van der Waals surface area (Å²) in [6.07, 6.45) is 1.09. The summed E-state index contributed by atoms with van der Waals surface area (Å²) >= 11 is 3.28. The quantitative estimate of drug-likeness (QED) is 0.722. The first-order chi connectivity index (χ1) is 8.31. The number of carbonyl (C=O) groups excluding carboxylic acids is 1. The number of amides is 1. The molecule has 1 aromatic carbocycles. The van der Waals surface area contributed by atoms with Crippen molar-refractivity contribution in [3.8, 4) is 0 Å². The van der Waals surface area contributed by atoms with E-state index in [-0.39, 0.29) is 5.91 Å². The fourth-order valence-electron chi connectivity index (χ4n) is 1.41. The van der Waals surface area contributed by atoms with Crippen molar-refractivity contribution >= 4 is 32.1 Å². The van der Waals surface area contributed by atoms with Gasteiger partial charge in [0.1, 0.15) is 0 Å². The van der Waals surface area contributed by atoms with Crippen LogP contribution < -0.4 is 9.86 Å².